The van der Waals surface area contributed by atoms with Crippen LogP contribution in [0.3, 0.4) is 0 Å². The second kappa shape index (κ2) is 12.2. The van der Waals surface area contributed by atoms with Crippen molar-refractivity contribution in [2.75, 3.05) is 0 Å². The summed E-state index contributed by atoms with van der Waals surface area (Å²) in [6.45, 7) is 0. The van der Waals surface area contributed by atoms with Gasteiger partial charge in [0, 0.05) is 56.3 Å². The van der Waals surface area contributed by atoms with Crippen LogP contribution in [-0.2, 0) is 6.42 Å². The molecule has 0 spiro atoms. The molecule has 0 N–H and O–H groups in total. The van der Waals surface area contributed by atoms with Crippen LogP contribution in [0, 0.1) is 0 Å². The Bertz CT molecular complexity index is 4030. The Kier molecular flexibility index (Phi) is 6.58. The van der Waals surface area contributed by atoms with Gasteiger partial charge >= 0.3 is 0 Å². The van der Waals surface area contributed by atoms with E-state index in [1.807, 2.05) is 6.07 Å². The van der Waals surface area contributed by atoms with Crippen molar-refractivity contribution in [2.45, 2.75) is 6.42 Å². The average molecular weight is 776 g/mol. The van der Waals surface area contributed by atoms with E-state index in [1.165, 1.54) is 48.7 Å². The molecule has 10 aromatic carbocycles. The summed E-state index contributed by atoms with van der Waals surface area (Å²) in [5.41, 5.74) is 12.3. The summed E-state index contributed by atoms with van der Waals surface area (Å²) in [6.07, 6.45) is 0.652. The topological polar surface area (TPSA) is 43.9 Å². The zero-order chi connectivity index (χ0) is 39.8. The zero-order valence-electron chi connectivity index (χ0n) is 32.9. The van der Waals surface area contributed by atoms with Crippen molar-refractivity contribution >= 4 is 86.8 Å². The Balaban J connectivity index is 1.15. The van der Waals surface area contributed by atoms with Gasteiger partial charge in [-0.05, 0) is 85.1 Å². The number of hydrogen-bond acceptors (Lipinski definition) is 3. The van der Waals surface area contributed by atoms with E-state index in [0.29, 0.717) is 12.2 Å². The number of rotatable bonds is 2. The standard InChI is InChI=1S/C57H33N3O/c1-2-13-37-30-51-46(29-36(37)12-1)43-24-20-33-26-49-55(39-23-25-42-38(28-39)22-21-35-11-4-5-15-40(35)42)58-57(45-18-9-14-34-10-3-6-16-41(34)45)59-56(49)48-31-47-44-17-7-8-19-53(44)61-54(47)32-52(48)60(51)50(43)27-33/h1-25,27-32H,26H2. The number of hydrogen-bond donors (Lipinski definition) is 0. The lowest BCUT2D eigenvalue weighted by atomic mass is 9.91. The number of fused-ring (bicyclic) bond motifs is 16. The first-order chi connectivity index (χ1) is 30.2. The van der Waals surface area contributed by atoms with Crippen molar-refractivity contribution in [2.24, 2.45) is 0 Å². The average Bonchev–Trinajstić information content (AvgIpc) is 3.84. The molecule has 1 aliphatic heterocycles. The normalized spacial score (nSPS) is 12.5. The maximum atomic E-state index is 6.68. The maximum Gasteiger partial charge on any atom is 0.161 e. The fraction of sp³-hybridized carbons (Fsp3) is 0.0175. The van der Waals surface area contributed by atoms with Crippen LogP contribution in [0.25, 0.3) is 126 Å². The largest absolute Gasteiger partial charge is 0.456 e. The van der Waals surface area contributed by atoms with Gasteiger partial charge in [0.05, 0.1) is 28.1 Å². The predicted octanol–water partition coefficient (Wildman–Crippen LogP) is 15.0. The van der Waals surface area contributed by atoms with Crippen molar-refractivity contribution in [3.8, 4) is 39.6 Å². The van der Waals surface area contributed by atoms with Crippen LogP contribution in [0.15, 0.2) is 192 Å². The van der Waals surface area contributed by atoms with Gasteiger partial charge in [-0.25, -0.2) is 9.97 Å². The third-order valence-electron chi connectivity index (χ3n) is 13.1. The van der Waals surface area contributed by atoms with E-state index in [4.69, 9.17) is 14.4 Å². The van der Waals surface area contributed by atoms with E-state index in [9.17, 15) is 0 Å². The van der Waals surface area contributed by atoms with Crippen LogP contribution in [0.5, 0.6) is 0 Å². The number of nitrogens with zero attached hydrogens (tertiary/aromatic N) is 3. The molecule has 0 atom stereocenters. The van der Waals surface area contributed by atoms with Crippen LogP contribution in [0.2, 0.25) is 0 Å². The first-order valence-electron chi connectivity index (χ1n) is 20.9. The Hall–Kier alpha value is -8.08. The third kappa shape index (κ3) is 4.76. The molecule has 282 valence electrons. The molecule has 0 amide bonds. The highest BCUT2D eigenvalue weighted by molar-refractivity contribution is 6.16. The lowest BCUT2D eigenvalue weighted by molar-refractivity contribution is 0.668. The minimum Gasteiger partial charge on any atom is -0.456 e. The van der Waals surface area contributed by atoms with Gasteiger partial charge in [-0.15, -0.1) is 0 Å². The summed E-state index contributed by atoms with van der Waals surface area (Å²) < 4.78 is 9.14. The number of aromatic nitrogens is 3. The monoisotopic (exact) mass is 775 g/mol. The fourth-order valence-corrected chi connectivity index (χ4v) is 10.3. The quantitative estimate of drug-likeness (QED) is 0.164. The van der Waals surface area contributed by atoms with Crippen molar-refractivity contribution in [3.63, 3.8) is 0 Å². The highest BCUT2D eigenvalue weighted by Gasteiger charge is 2.27. The summed E-state index contributed by atoms with van der Waals surface area (Å²) in [4.78, 5) is 11.4. The van der Waals surface area contributed by atoms with Crippen LogP contribution in [-0.4, -0.2) is 14.5 Å². The lowest BCUT2D eigenvalue weighted by Crippen LogP contribution is -2.06. The fourth-order valence-electron chi connectivity index (χ4n) is 10.3. The molecule has 0 radical (unpaired) electrons. The van der Waals surface area contributed by atoms with E-state index in [0.717, 1.165) is 83.1 Å². The molecular weight excluding hydrogens is 743 g/mol. The molecule has 4 heterocycles. The summed E-state index contributed by atoms with van der Waals surface area (Å²) in [5.74, 6) is 0.701. The molecule has 13 aromatic rings. The molecule has 61 heavy (non-hydrogen) atoms. The van der Waals surface area contributed by atoms with Crippen molar-refractivity contribution < 1.29 is 4.42 Å². The van der Waals surface area contributed by atoms with Gasteiger partial charge < -0.3 is 8.98 Å². The molecule has 0 saturated heterocycles. The van der Waals surface area contributed by atoms with E-state index in [-0.39, 0.29) is 0 Å². The third-order valence-corrected chi connectivity index (χ3v) is 13.1. The minimum atomic E-state index is 0.652. The molecule has 1 aliphatic rings. The Morgan fingerprint density at radius 3 is 1.95 bits per heavy atom. The molecule has 2 bridgehead atoms. The number of furan rings is 1. The smallest absolute Gasteiger partial charge is 0.161 e. The summed E-state index contributed by atoms with van der Waals surface area (Å²) in [6, 6.07) is 68.3. The molecule has 0 aliphatic carbocycles. The van der Waals surface area contributed by atoms with Crippen LogP contribution < -0.4 is 0 Å². The Morgan fingerprint density at radius 1 is 0.393 bits per heavy atom. The van der Waals surface area contributed by atoms with E-state index in [1.54, 1.807) is 0 Å². The number of para-hydroxylation sites is 1. The van der Waals surface area contributed by atoms with Crippen LogP contribution in [0.4, 0.5) is 0 Å². The highest BCUT2D eigenvalue weighted by atomic mass is 16.3. The predicted molar refractivity (Wildman–Crippen MR) is 253 cm³/mol. The van der Waals surface area contributed by atoms with Gasteiger partial charge in [-0.2, -0.15) is 0 Å². The minimum absolute atomic E-state index is 0.652. The summed E-state index contributed by atoms with van der Waals surface area (Å²) in [5, 5.41) is 14.2. The van der Waals surface area contributed by atoms with E-state index < -0.39 is 0 Å². The molecule has 0 fully saturated rings. The first kappa shape index (κ1) is 32.8. The Morgan fingerprint density at radius 2 is 1.07 bits per heavy atom. The lowest BCUT2D eigenvalue weighted by Gasteiger charge is -2.19. The number of benzene rings is 10. The molecule has 3 aromatic heterocycles. The van der Waals surface area contributed by atoms with Gasteiger partial charge in [-0.1, -0.05) is 146 Å². The molecule has 14 rings (SSSR count). The van der Waals surface area contributed by atoms with Gasteiger partial charge in [-0.3, -0.25) is 0 Å². The van der Waals surface area contributed by atoms with Gasteiger partial charge in [0.15, 0.2) is 5.82 Å². The van der Waals surface area contributed by atoms with Crippen LogP contribution >= 0.6 is 0 Å². The summed E-state index contributed by atoms with van der Waals surface area (Å²) >= 11 is 0. The van der Waals surface area contributed by atoms with Crippen molar-refractivity contribution in [3.05, 3.63) is 199 Å². The Labute approximate surface area is 349 Å². The van der Waals surface area contributed by atoms with Crippen molar-refractivity contribution in [1.82, 2.24) is 14.5 Å². The molecular formula is C57H33N3O. The van der Waals surface area contributed by atoms with E-state index >= 15 is 0 Å². The zero-order valence-corrected chi connectivity index (χ0v) is 32.9. The molecule has 0 saturated carbocycles. The molecule has 0 unspecified atom stereocenters. The molecule has 4 heteroatoms. The van der Waals surface area contributed by atoms with Crippen LogP contribution in [0.1, 0.15) is 11.1 Å². The van der Waals surface area contributed by atoms with Gasteiger partial charge in [0.25, 0.3) is 0 Å². The first-order valence-corrected chi connectivity index (χ1v) is 20.9. The second-order valence-electron chi connectivity index (χ2n) is 16.5. The van der Waals surface area contributed by atoms with Crippen molar-refractivity contribution in [1.29, 1.82) is 0 Å². The summed E-state index contributed by atoms with van der Waals surface area (Å²) in [7, 11) is 0. The SMILES string of the molecule is c1ccc2cc3c(cc2c1)c1ccc2cc1n3-c1cc3oc4ccccc4c3cc1-c1nc(-c3cccc4ccccc34)nc(-c3ccc4c(ccc5ccccc54)c3)c1C2. The van der Waals surface area contributed by atoms with E-state index in [2.05, 4.69) is 187 Å². The second-order valence-corrected chi connectivity index (χ2v) is 16.5. The maximum absolute atomic E-state index is 6.68. The van der Waals surface area contributed by atoms with Gasteiger partial charge in [0.1, 0.15) is 11.2 Å². The highest BCUT2D eigenvalue weighted by Crippen LogP contribution is 2.46. The molecule has 4 nitrogen and oxygen atoms in total. The van der Waals surface area contributed by atoms with Gasteiger partial charge in [0.2, 0.25) is 0 Å².